The number of aliphatic carboxylic acids is 1. The second kappa shape index (κ2) is 12.5. The fraction of sp³-hybridized carbons (Fsp3) is 0.633. The number of piperidine rings is 2. The molecular formula is C30H41N5O5. The van der Waals surface area contributed by atoms with Gasteiger partial charge in [-0.1, -0.05) is 56.3 Å². The highest BCUT2D eigenvalue weighted by atomic mass is 16.6. The largest absolute Gasteiger partial charge is 0.476 e. The number of hydrogen-bond acceptors (Lipinski definition) is 7. The fourth-order valence-electron chi connectivity index (χ4n) is 7.48. The molecule has 2 saturated heterocycles. The molecule has 3 heterocycles. The number of carboxylic acids is 1. The van der Waals surface area contributed by atoms with E-state index in [2.05, 4.69) is 27.3 Å². The normalized spacial score (nSPS) is 27.4. The Bertz CT molecular complexity index is 1310. The van der Waals surface area contributed by atoms with Crippen molar-refractivity contribution in [1.82, 2.24) is 19.8 Å². The molecule has 5 rings (SSSR count). The Morgan fingerprint density at radius 3 is 2.40 bits per heavy atom. The van der Waals surface area contributed by atoms with Crippen LogP contribution in [0, 0.1) is 5.92 Å². The van der Waals surface area contributed by atoms with Crippen LogP contribution in [0.4, 0.5) is 0 Å². The topological polar surface area (TPSA) is 126 Å². The van der Waals surface area contributed by atoms with Crippen molar-refractivity contribution in [2.24, 2.45) is 11.1 Å². The molecule has 1 amide bonds. The maximum atomic E-state index is 14.0. The average molecular weight is 552 g/mol. The van der Waals surface area contributed by atoms with E-state index in [-0.39, 0.29) is 11.7 Å². The van der Waals surface area contributed by atoms with Gasteiger partial charge >= 0.3 is 5.97 Å². The van der Waals surface area contributed by atoms with Crippen molar-refractivity contribution in [2.75, 3.05) is 13.7 Å². The first-order valence-electron chi connectivity index (χ1n) is 14.8. The van der Waals surface area contributed by atoms with Gasteiger partial charge in [-0.3, -0.25) is 14.5 Å². The zero-order valence-corrected chi connectivity index (χ0v) is 23.6. The lowest BCUT2D eigenvalue weighted by Gasteiger charge is -2.54. The smallest absolute Gasteiger partial charge is 0.360 e. The van der Waals surface area contributed by atoms with Crippen molar-refractivity contribution in [3.63, 3.8) is 0 Å². The van der Waals surface area contributed by atoms with Crippen molar-refractivity contribution in [2.45, 2.75) is 102 Å². The molecule has 1 saturated carbocycles. The minimum Gasteiger partial charge on any atom is -0.476 e. The van der Waals surface area contributed by atoms with Crippen LogP contribution in [-0.4, -0.2) is 68.9 Å². The minimum absolute atomic E-state index is 0.0671. The molecule has 40 heavy (non-hydrogen) atoms. The average Bonchev–Trinajstić information content (AvgIpc) is 2.94. The molecule has 5 atom stereocenters. The number of likely N-dealkylation sites (N-methyl/N-ethyl adjacent to an activating group) is 1. The highest BCUT2D eigenvalue weighted by Crippen LogP contribution is 2.44. The molecular weight excluding hydrogens is 510 g/mol. The van der Waals surface area contributed by atoms with Crippen LogP contribution in [0.15, 0.2) is 34.2 Å². The number of nitrogens with one attached hydrogen (secondary N) is 1. The highest BCUT2D eigenvalue weighted by molar-refractivity contribution is 6.41. The molecule has 1 aliphatic carbocycles. The van der Waals surface area contributed by atoms with E-state index in [1.54, 1.807) is 10.6 Å². The first kappa shape index (κ1) is 28.3. The summed E-state index contributed by atoms with van der Waals surface area (Å²) in [6.07, 6.45) is 12.9. The number of carbonyl (C=O) groups excluding carboxylic acids is 1. The number of oxime groups is 1. The van der Waals surface area contributed by atoms with Gasteiger partial charge in [-0.05, 0) is 56.6 Å². The Hall–Kier alpha value is -3.27. The Balaban J connectivity index is 1.49. The van der Waals surface area contributed by atoms with Crippen molar-refractivity contribution in [3.8, 4) is 0 Å². The SMILES string of the molecule is CCC[C@H]1CCC[C@H](N2[C@@H]3CCC[C@H]2CC(n2c(=O)c(/C(=N/OCC(=O)NC)C(=O)O)nc4ccccc42)C3)C1. The third-order valence-electron chi connectivity index (χ3n) is 9.10. The molecule has 2 aliphatic heterocycles. The van der Waals surface area contributed by atoms with E-state index in [1.165, 1.54) is 52.0 Å². The summed E-state index contributed by atoms with van der Waals surface area (Å²) < 4.78 is 1.76. The van der Waals surface area contributed by atoms with Gasteiger partial charge in [-0.15, -0.1) is 0 Å². The predicted molar refractivity (Wildman–Crippen MR) is 152 cm³/mol. The van der Waals surface area contributed by atoms with E-state index in [0.29, 0.717) is 29.2 Å². The number of nitrogens with zero attached hydrogens (tertiary/aromatic N) is 4. The Kier molecular flexibility index (Phi) is 8.83. The highest BCUT2D eigenvalue weighted by Gasteiger charge is 2.43. The molecule has 3 aliphatic rings. The molecule has 10 heteroatoms. The monoisotopic (exact) mass is 551 g/mol. The molecule has 10 nitrogen and oxygen atoms in total. The number of fused-ring (bicyclic) bond motifs is 3. The third-order valence-corrected chi connectivity index (χ3v) is 9.10. The number of carbonyl (C=O) groups is 2. The summed E-state index contributed by atoms with van der Waals surface area (Å²) in [5.41, 5.74) is -0.134. The van der Waals surface area contributed by atoms with E-state index in [9.17, 15) is 19.5 Å². The summed E-state index contributed by atoms with van der Waals surface area (Å²) in [4.78, 5) is 49.9. The van der Waals surface area contributed by atoms with Crippen LogP contribution in [0.3, 0.4) is 0 Å². The van der Waals surface area contributed by atoms with Crippen molar-refractivity contribution in [3.05, 3.63) is 40.3 Å². The maximum Gasteiger partial charge on any atom is 0.360 e. The van der Waals surface area contributed by atoms with Gasteiger partial charge in [0.1, 0.15) is 0 Å². The Morgan fingerprint density at radius 2 is 1.73 bits per heavy atom. The van der Waals surface area contributed by atoms with Gasteiger partial charge in [-0.2, -0.15) is 0 Å². The number of aromatic nitrogens is 2. The van der Waals surface area contributed by atoms with E-state index < -0.39 is 29.8 Å². The molecule has 2 aromatic rings. The molecule has 216 valence electrons. The summed E-state index contributed by atoms with van der Waals surface area (Å²) in [6.45, 7) is 1.82. The van der Waals surface area contributed by atoms with Crippen LogP contribution < -0.4 is 10.9 Å². The molecule has 3 fully saturated rings. The van der Waals surface area contributed by atoms with Crippen LogP contribution in [0.5, 0.6) is 0 Å². The molecule has 0 spiro atoms. The number of amides is 1. The van der Waals surface area contributed by atoms with E-state index >= 15 is 0 Å². The number of carboxylic acid groups (broad SMARTS) is 1. The number of hydrogen-bond donors (Lipinski definition) is 2. The molecule has 2 N–H and O–H groups in total. The van der Waals surface area contributed by atoms with Gasteiger partial charge in [0, 0.05) is 31.2 Å². The second-order valence-corrected chi connectivity index (χ2v) is 11.6. The van der Waals surface area contributed by atoms with Crippen LogP contribution in [0.25, 0.3) is 11.0 Å². The number of para-hydroxylation sites is 2. The lowest BCUT2D eigenvalue weighted by Crippen LogP contribution is -2.58. The van der Waals surface area contributed by atoms with Crippen molar-refractivity contribution >= 4 is 28.6 Å². The van der Waals surface area contributed by atoms with Crippen molar-refractivity contribution < 1.29 is 19.5 Å². The van der Waals surface area contributed by atoms with E-state index in [1.807, 2.05) is 18.2 Å². The van der Waals surface area contributed by atoms with Crippen molar-refractivity contribution in [1.29, 1.82) is 0 Å². The zero-order valence-electron chi connectivity index (χ0n) is 23.6. The Labute approximate surface area is 234 Å². The van der Waals surface area contributed by atoms with E-state index in [0.717, 1.165) is 31.6 Å². The Morgan fingerprint density at radius 1 is 1.05 bits per heavy atom. The van der Waals surface area contributed by atoms with Gasteiger partial charge in [0.05, 0.1) is 11.0 Å². The van der Waals surface area contributed by atoms with Crippen LogP contribution >= 0.6 is 0 Å². The molecule has 2 bridgehead atoms. The summed E-state index contributed by atoms with van der Waals surface area (Å²) >= 11 is 0. The van der Waals surface area contributed by atoms with Gasteiger partial charge in [0.15, 0.2) is 12.3 Å². The first-order valence-corrected chi connectivity index (χ1v) is 14.8. The quantitative estimate of drug-likeness (QED) is 0.358. The van der Waals surface area contributed by atoms with Crippen LogP contribution in [0.2, 0.25) is 0 Å². The van der Waals surface area contributed by atoms with Gasteiger partial charge in [0.25, 0.3) is 11.5 Å². The number of rotatable bonds is 9. The summed E-state index contributed by atoms with van der Waals surface area (Å²) in [7, 11) is 1.44. The van der Waals surface area contributed by atoms with Gasteiger partial charge in [-0.25, -0.2) is 9.78 Å². The lowest BCUT2D eigenvalue weighted by atomic mass is 9.76. The minimum atomic E-state index is -1.44. The van der Waals surface area contributed by atoms with Crippen LogP contribution in [0.1, 0.15) is 89.3 Å². The standard InChI is InChI=1S/C30H41N5O5/c1-3-8-19-9-6-10-20(15-19)34-21-11-7-12-22(34)17-23(16-21)35-25-14-5-4-13-24(25)32-27(29(35)37)28(30(38)39)33-40-18-26(36)31-2/h4-5,13-14,19-23H,3,6-12,15-18H2,1-2H3,(H,31,36)(H,38,39)/b33-28-/t19-,20-,21-,22+,23?/m0/s1. The first-order chi connectivity index (χ1) is 19.4. The summed E-state index contributed by atoms with van der Waals surface area (Å²) in [5.74, 6) is -1.08. The lowest BCUT2D eigenvalue weighted by molar-refractivity contribution is -0.130. The second-order valence-electron chi connectivity index (χ2n) is 11.6. The third kappa shape index (κ3) is 5.77. The fourth-order valence-corrected chi connectivity index (χ4v) is 7.48. The number of benzene rings is 1. The van der Waals surface area contributed by atoms with Gasteiger partial charge < -0.3 is 19.8 Å². The van der Waals surface area contributed by atoms with E-state index in [4.69, 9.17) is 4.84 Å². The predicted octanol–water partition coefficient (Wildman–Crippen LogP) is 3.86. The molecule has 0 radical (unpaired) electrons. The maximum absolute atomic E-state index is 14.0. The zero-order chi connectivity index (χ0) is 28.2. The summed E-state index contributed by atoms with van der Waals surface area (Å²) in [6, 6.07) is 8.73. The molecule has 1 aromatic carbocycles. The van der Waals surface area contributed by atoms with Gasteiger partial charge in [0.2, 0.25) is 5.71 Å². The molecule has 1 unspecified atom stereocenters. The van der Waals surface area contributed by atoms with Crippen LogP contribution in [-0.2, 0) is 14.4 Å². The summed E-state index contributed by atoms with van der Waals surface area (Å²) in [5, 5.41) is 16.0. The molecule has 1 aromatic heterocycles.